The van der Waals surface area contributed by atoms with Crippen LogP contribution in [0.4, 0.5) is 0 Å². The Hall–Kier alpha value is -2.33. The summed E-state index contributed by atoms with van der Waals surface area (Å²) in [6, 6.07) is 22.5. The smallest absolute Gasteiger partial charge is 0.121 e. The summed E-state index contributed by atoms with van der Waals surface area (Å²) in [5.74, 6) is 0. The molecule has 1 heteroatoms. The summed E-state index contributed by atoms with van der Waals surface area (Å²) in [5, 5.41) is 1.00. The van der Waals surface area contributed by atoms with Crippen LogP contribution in [-0.2, 0) is 0 Å². The van der Waals surface area contributed by atoms with Crippen molar-refractivity contribution in [2.75, 3.05) is 0 Å². The normalized spacial score (nSPS) is 10.2. The fourth-order valence-corrected chi connectivity index (χ4v) is 1.80. The fraction of sp³-hybridized carbons (Fsp3) is 0.0625. The van der Waals surface area contributed by atoms with Gasteiger partial charge in [-0.3, -0.25) is 0 Å². The molecule has 0 saturated carbocycles. The molecule has 0 atom stereocenters. The molecule has 0 bridgehead atoms. The molecule has 0 aliphatic carbocycles. The van der Waals surface area contributed by atoms with Gasteiger partial charge >= 0.3 is 0 Å². The molecule has 0 radical (unpaired) electrons. The van der Waals surface area contributed by atoms with Crippen LogP contribution < -0.4 is 0 Å². The van der Waals surface area contributed by atoms with Crippen molar-refractivity contribution in [3.8, 4) is 11.3 Å². The quantitative estimate of drug-likeness (QED) is 0.604. The molecule has 0 unspecified atom stereocenters. The number of hydrogen-bond acceptors (Lipinski definition) is 1. The van der Waals surface area contributed by atoms with Crippen LogP contribution in [0.25, 0.3) is 22.2 Å². The molecule has 2 aromatic carbocycles. The number of benzene rings is 2. The number of rotatable bonds is 1. The van der Waals surface area contributed by atoms with Gasteiger partial charge in [-0.25, -0.2) is 4.98 Å². The average molecular weight is 217 g/mol. The molecule has 17 heavy (non-hydrogen) atoms. The van der Waals surface area contributed by atoms with E-state index in [9.17, 15) is 0 Å². The number of aromatic nitrogens is 1. The van der Waals surface area contributed by atoms with E-state index in [2.05, 4.69) is 48.3 Å². The van der Waals surface area contributed by atoms with Crippen molar-refractivity contribution in [2.45, 2.75) is 6.92 Å². The number of para-hydroxylation sites is 1. The van der Waals surface area contributed by atoms with Crippen molar-refractivity contribution in [3.63, 3.8) is 0 Å². The summed E-state index contributed by atoms with van der Waals surface area (Å²) < 4.78 is 0. The maximum Gasteiger partial charge on any atom is 0.121 e. The molecular weight excluding hydrogens is 206 g/mol. The summed E-state index contributed by atoms with van der Waals surface area (Å²) in [7, 11) is 0. The first-order chi connectivity index (χ1) is 8.33. The predicted molar refractivity (Wildman–Crippen MR) is 69.6 cm³/mol. The third-order valence-corrected chi connectivity index (χ3v) is 2.78. The zero-order valence-electron chi connectivity index (χ0n) is 9.57. The Bertz CT molecular complexity index is 654. The van der Waals surface area contributed by atoms with Crippen molar-refractivity contribution >= 4 is 10.9 Å². The summed E-state index contributed by atoms with van der Waals surface area (Å²) in [6.07, 6.45) is 0. The highest BCUT2D eigenvalue weighted by atomic mass is 14.7. The van der Waals surface area contributed by atoms with E-state index in [1.807, 2.05) is 24.3 Å². The second-order valence-corrected chi connectivity index (χ2v) is 4.09. The third-order valence-electron chi connectivity index (χ3n) is 2.78. The molecule has 3 rings (SSSR count). The number of nitrogens with zero attached hydrogens (tertiary/aromatic N) is 1. The molecule has 80 valence electrons. The third kappa shape index (κ3) is 1.86. The number of aryl methyl sites for hydroxylation is 1. The Morgan fingerprint density at radius 3 is 2.47 bits per heavy atom. The molecule has 0 saturated heterocycles. The first kappa shape index (κ1) is 9.86. The van der Waals surface area contributed by atoms with E-state index in [4.69, 9.17) is 0 Å². The molecule has 1 nitrogen and oxygen atoms in total. The lowest BCUT2D eigenvalue weighted by Crippen LogP contribution is -1.83. The second-order valence-electron chi connectivity index (χ2n) is 4.09. The van der Waals surface area contributed by atoms with E-state index in [0.29, 0.717) is 0 Å². The van der Waals surface area contributed by atoms with Crippen molar-refractivity contribution in [1.29, 1.82) is 0 Å². The highest BCUT2D eigenvalue weighted by molar-refractivity contribution is 5.78. The van der Waals surface area contributed by atoms with Gasteiger partial charge in [-0.1, -0.05) is 48.0 Å². The number of hydrogen-bond donors (Lipinski definition) is 0. The summed E-state index contributed by atoms with van der Waals surface area (Å²) in [6.45, 7) is 2.08. The maximum atomic E-state index is 4.59. The van der Waals surface area contributed by atoms with Crippen LogP contribution in [0.3, 0.4) is 0 Å². The molecule has 0 amide bonds. The van der Waals surface area contributed by atoms with Crippen molar-refractivity contribution in [1.82, 2.24) is 4.98 Å². The molecule has 1 aromatic heterocycles. The SMILES string of the molecule is Cc1ccc(-c2c#cc3ccccc3n2)cc1. The van der Waals surface area contributed by atoms with E-state index in [-0.39, 0.29) is 0 Å². The Morgan fingerprint density at radius 2 is 1.65 bits per heavy atom. The molecular formula is C16H11N. The second kappa shape index (κ2) is 3.92. The van der Waals surface area contributed by atoms with Crippen molar-refractivity contribution in [3.05, 3.63) is 66.2 Å². The van der Waals surface area contributed by atoms with Crippen LogP contribution >= 0.6 is 0 Å². The zero-order chi connectivity index (χ0) is 11.7. The Morgan fingerprint density at radius 1 is 0.882 bits per heavy atom. The first-order valence-corrected chi connectivity index (χ1v) is 5.60. The van der Waals surface area contributed by atoms with Crippen LogP contribution in [0.2, 0.25) is 0 Å². The van der Waals surface area contributed by atoms with Gasteiger partial charge in [0.05, 0.1) is 10.9 Å². The summed E-state index contributed by atoms with van der Waals surface area (Å²) in [5.41, 5.74) is 4.14. The Balaban J connectivity index is 2.14. The standard InChI is InChI=1S/C16H11N/c1-12-6-8-14(9-7-12)16-11-10-13-4-2-3-5-15(13)17-16/h2-9H,1H3. The highest BCUT2D eigenvalue weighted by Crippen LogP contribution is 2.18. The van der Waals surface area contributed by atoms with Gasteiger partial charge in [-0.2, -0.15) is 0 Å². The molecule has 0 fully saturated rings. The Kier molecular flexibility index (Phi) is 2.27. The summed E-state index contributed by atoms with van der Waals surface area (Å²) in [4.78, 5) is 4.59. The van der Waals surface area contributed by atoms with E-state index >= 15 is 0 Å². The highest BCUT2D eigenvalue weighted by Gasteiger charge is 1.99. The molecule has 0 spiro atoms. The zero-order valence-corrected chi connectivity index (χ0v) is 9.57. The lowest BCUT2D eigenvalue weighted by Gasteiger charge is -2.00. The van der Waals surface area contributed by atoms with Gasteiger partial charge in [0.2, 0.25) is 0 Å². The first-order valence-electron chi connectivity index (χ1n) is 5.60. The molecule has 0 aliphatic rings. The topological polar surface area (TPSA) is 12.9 Å². The van der Waals surface area contributed by atoms with E-state index in [1.54, 1.807) is 0 Å². The fourth-order valence-electron chi connectivity index (χ4n) is 1.80. The Labute approximate surface area is 101 Å². The monoisotopic (exact) mass is 217 g/mol. The molecule has 0 N–H and O–H groups in total. The van der Waals surface area contributed by atoms with Crippen molar-refractivity contribution in [2.24, 2.45) is 0 Å². The van der Waals surface area contributed by atoms with Crippen LogP contribution in [0.1, 0.15) is 5.56 Å². The van der Waals surface area contributed by atoms with Crippen LogP contribution in [0, 0.1) is 19.1 Å². The summed E-state index contributed by atoms with van der Waals surface area (Å²) >= 11 is 0. The van der Waals surface area contributed by atoms with E-state index < -0.39 is 0 Å². The van der Waals surface area contributed by atoms with E-state index in [0.717, 1.165) is 22.2 Å². The van der Waals surface area contributed by atoms with Crippen molar-refractivity contribution < 1.29 is 0 Å². The molecule has 1 heterocycles. The lowest BCUT2D eigenvalue weighted by atomic mass is 10.1. The van der Waals surface area contributed by atoms with Gasteiger partial charge in [0.1, 0.15) is 5.69 Å². The molecule has 3 aromatic rings. The van der Waals surface area contributed by atoms with Gasteiger partial charge in [-0.15, -0.1) is 0 Å². The van der Waals surface area contributed by atoms with Crippen LogP contribution in [-0.4, -0.2) is 4.98 Å². The minimum atomic E-state index is 0.851. The van der Waals surface area contributed by atoms with Gasteiger partial charge in [0.25, 0.3) is 0 Å². The van der Waals surface area contributed by atoms with Gasteiger partial charge in [-0.05, 0) is 25.1 Å². The predicted octanol–water partition coefficient (Wildman–Crippen LogP) is 3.81. The van der Waals surface area contributed by atoms with Gasteiger partial charge < -0.3 is 0 Å². The largest absolute Gasteiger partial charge is 0.238 e. The van der Waals surface area contributed by atoms with Gasteiger partial charge in [0, 0.05) is 5.56 Å². The van der Waals surface area contributed by atoms with E-state index in [1.165, 1.54) is 5.56 Å². The van der Waals surface area contributed by atoms with Crippen LogP contribution in [0.5, 0.6) is 0 Å². The minimum Gasteiger partial charge on any atom is -0.238 e. The van der Waals surface area contributed by atoms with Crippen LogP contribution in [0.15, 0.2) is 48.5 Å². The van der Waals surface area contributed by atoms with Gasteiger partial charge in [0.15, 0.2) is 0 Å². The lowest BCUT2D eigenvalue weighted by molar-refractivity contribution is 1.39. The maximum absolute atomic E-state index is 4.59. The number of fused-ring (bicyclic) bond motifs is 1. The average Bonchev–Trinajstić information content (AvgIpc) is 2.39. The molecule has 0 aliphatic heterocycles. The minimum absolute atomic E-state index is 0.851.